The van der Waals surface area contributed by atoms with Crippen molar-refractivity contribution < 1.29 is 14.4 Å². The first kappa shape index (κ1) is 14.7. The van der Waals surface area contributed by atoms with Crippen LogP contribution in [0.3, 0.4) is 0 Å². The van der Waals surface area contributed by atoms with Crippen LogP contribution in [0.15, 0.2) is 18.2 Å². The Bertz CT molecular complexity index is 509. The maximum Gasteiger partial charge on any atom is 0.295 e. The van der Waals surface area contributed by atoms with Gasteiger partial charge in [0.2, 0.25) is 0 Å². The number of nitro groups is 1. The van der Waals surface area contributed by atoms with Gasteiger partial charge in [-0.2, -0.15) is 0 Å². The molecule has 0 bridgehead atoms. The van der Waals surface area contributed by atoms with Crippen LogP contribution in [0, 0.1) is 21.8 Å². The van der Waals surface area contributed by atoms with E-state index in [0.717, 1.165) is 31.7 Å². The molecule has 1 aliphatic carbocycles. The van der Waals surface area contributed by atoms with Crippen molar-refractivity contribution in [3.05, 3.63) is 34.1 Å². The third kappa shape index (κ3) is 3.07. The van der Waals surface area contributed by atoms with Crippen molar-refractivity contribution in [3.63, 3.8) is 0 Å². The van der Waals surface area contributed by atoms with E-state index >= 15 is 0 Å². The van der Waals surface area contributed by atoms with Crippen LogP contribution in [-0.4, -0.2) is 22.2 Å². The normalized spacial score (nSPS) is 26.2. The average molecular weight is 282 g/mol. The molecule has 0 aromatic heterocycles. The topological polar surface area (TPSA) is 75.4 Å². The van der Waals surface area contributed by atoms with Crippen molar-refractivity contribution in [1.29, 1.82) is 0 Å². The molecule has 1 aromatic carbocycles. The molecule has 2 N–H and O–H groups in total. The van der Waals surface area contributed by atoms with Crippen LogP contribution in [0.4, 0.5) is 15.8 Å². The summed E-state index contributed by atoms with van der Waals surface area (Å²) < 4.78 is 13.1. The lowest BCUT2D eigenvalue weighted by Crippen LogP contribution is -2.46. The summed E-state index contributed by atoms with van der Waals surface area (Å²) >= 11 is 0. The zero-order valence-corrected chi connectivity index (χ0v) is 11.4. The highest BCUT2D eigenvalue weighted by Gasteiger charge is 2.35. The first-order valence-electron chi connectivity index (χ1n) is 6.79. The van der Waals surface area contributed by atoms with E-state index in [4.69, 9.17) is 0 Å². The number of anilines is 1. The molecule has 110 valence electrons. The molecule has 20 heavy (non-hydrogen) atoms. The molecule has 1 fully saturated rings. The van der Waals surface area contributed by atoms with Crippen LogP contribution in [0.1, 0.15) is 32.6 Å². The molecule has 0 amide bonds. The van der Waals surface area contributed by atoms with E-state index in [-0.39, 0.29) is 18.0 Å². The Morgan fingerprint density at radius 1 is 1.60 bits per heavy atom. The molecule has 5 nitrogen and oxygen atoms in total. The van der Waals surface area contributed by atoms with Crippen LogP contribution < -0.4 is 5.32 Å². The highest BCUT2D eigenvalue weighted by molar-refractivity contribution is 5.62. The Kier molecular flexibility index (Phi) is 4.23. The fourth-order valence-electron chi connectivity index (χ4n) is 3.00. The van der Waals surface area contributed by atoms with Crippen molar-refractivity contribution in [2.75, 3.05) is 11.9 Å². The van der Waals surface area contributed by atoms with Crippen LogP contribution in [0.2, 0.25) is 0 Å². The van der Waals surface area contributed by atoms with Crippen molar-refractivity contribution in [2.45, 2.75) is 38.1 Å². The van der Waals surface area contributed by atoms with Gasteiger partial charge in [0.15, 0.2) is 0 Å². The Morgan fingerprint density at radius 3 is 2.95 bits per heavy atom. The average Bonchev–Trinajstić information content (AvgIpc) is 2.40. The lowest BCUT2D eigenvalue weighted by Gasteiger charge is -2.40. The second-order valence-corrected chi connectivity index (χ2v) is 5.68. The maximum atomic E-state index is 13.1. The predicted octanol–water partition coefficient (Wildman–Crippen LogP) is 3.09. The number of aliphatic hydroxyl groups is 1. The molecule has 2 rings (SSSR count). The van der Waals surface area contributed by atoms with Gasteiger partial charge in [-0.3, -0.25) is 10.1 Å². The zero-order chi connectivity index (χ0) is 14.8. The van der Waals surface area contributed by atoms with Gasteiger partial charge >= 0.3 is 0 Å². The molecule has 0 heterocycles. The molecule has 1 aromatic rings. The number of benzene rings is 1. The Labute approximate surface area is 117 Å². The Hall–Kier alpha value is -1.69. The molecule has 0 spiro atoms. The molecule has 2 atom stereocenters. The van der Waals surface area contributed by atoms with Gasteiger partial charge in [0.25, 0.3) is 5.69 Å². The molecular formula is C14H19FN2O3. The number of rotatable bonds is 4. The molecule has 1 saturated carbocycles. The summed E-state index contributed by atoms with van der Waals surface area (Å²) in [5, 5.41) is 23.8. The van der Waals surface area contributed by atoms with Crippen LogP contribution in [-0.2, 0) is 0 Å². The lowest BCUT2D eigenvalue weighted by molar-refractivity contribution is -0.384. The number of hydrogen-bond acceptors (Lipinski definition) is 4. The van der Waals surface area contributed by atoms with E-state index in [1.807, 2.05) is 0 Å². The highest BCUT2D eigenvalue weighted by Crippen LogP contribution is 2.37. The molecule has 0 aliphatic heterocycles. The lowest BCUT2D eigenvalue weighted by atomic mass is 9.76. The largest absolute Gasteiger partial charge is 0.394 e. The quantitative estimate of drug-likeness (QED) is 0.657. The number of nitro benzene ring substituents is 1. The number of nitrogens with one attached hydrogen (secondary N) is 1. The Morgan fingerprint density at radius 2 is 2.35 bits per heavy atom. The van der Waals surface area contributed by atoms with Gasteiger partial charge in [0, 0.05) is 0 Å². The van der Waals surface area contributed by atoms with Gasteiger partial charge in [0.1, 0.15) is 11.5 Å². The van der Waals surface area contributed by atoms with Crippen molar-refractivity contribution in [3.8, 4) is 0 Å². The molecule has 0 saturated heterocycles. The van der Waals surface area contributed by atoms with E-state index in [2.05, 4.69) is 12.2 Å². The minimum atomic E-state index is -0.641. The summed E-state index contributed by atoms with van der Waals surface area (Å²) in [5.41, 5.74) is -0.587. The number of aliphatic hydroxyl groups excluding tert-OH is 1. The van der Waals surface area contributed by atoms with Gasteiger partial charge in [0.05, 0.1) is 23.1 Å². The standard InChI is InChI=1S/C14H19FN2O3/c1-10-3-2-6-14(8-10,9-18)16-12-5-4-11(15)7-13(12)17(19)20/h4-5,7,10,16,18H,2-3,6,8-9H2,1H3. The Balaban J connectivity index is 2.30. The predicted molar refractivity (Wildman–Crippen MR) is 74.1 cm³/mol. The van der Waals surface area contributed by atoms with Crippen LogP contribution >= 0.6 is 0 Å². The molecule has 6 heteroatoms. The smallest absolute Gasteiger partial charge is 0.295 e. The summed E-state index contributed by atoms with van der Waals surface area (Å²) in [5.74, 6) is -0.194. The fourth-order valence-corrected chi connectivity index (χ4v) is 3.00. The second kappa shape index (κ2) is 5.75. The fraction of sp³-hybridized carbons (Fsp3) is 0.571. The van der Waals surface area contributed by atoms with Gasteiger partial charge in [-0.1, -0.05) is 19.8 Å². The van der Waals surface area contributed by atoms with Gasteiger partial charge in [-0.05, 0) is 30.9 Å². The third-order valence-electron chi connectivity index (χ3n) is 3.95. The molecular weight excluding hydrogens is 263 g/mol. The monoisotopic (exact) mass is 282 g/mol. The summed E-state index contributed by atoms with van der Waals surface area (Å²) in [6.07, 6.45) is 3.55. The number of hydrogen-bond donors (Lipinski definition) is 2. The first-order chi connectivity index (χ1) is 9.46. The molecule has 0 radical (unpaired) electrons. The summed E-state index contributed by atoms with van der Waals surface area (Å²) in [4.78, 5) is 10.4. The minimum Gasteiger partial charge on any atom is -0.394 e. The van der Waals surface area contributed by atoms with Crippen molar-refractivity contribution in [1.82, 2.24) is 0 Å². The number of nitrogens with zero attached hydrogens (tertiary/aromatic N) is 1. The van der Waals surface area contributed by atoms with Crippen molar-refractivity contribution >= 4 is 11.4 Å². The summed E-state index contributed by atoms with van der Waals surface area (Å²) in [6, 6.07) is 3.45. The number of halogens is 1. The summed E-state index contributed by atoms with van der Waals surface area (Å²) in [6.45, 7) is 2.01. The minimum absolute atomic E-state index is 0.0914. The maximum absolute atomic E-state index is 13.1. The zero-order valence-electron chi connectivity index (χ0n) is 11.4. The van der Waals surface area contributed by atoms with Gasteiger partial charge < -0.3 is 10.4 Å². The van der Waals surface area contributed by atoms with Gasteiger partial charge in [-0.25, -0.2) is 4.39 Å². The second-order valence-electron chi connectivity index (χ2n) is 5.68. The SMILES string of the molecule is CC1CCCC(CO)(Nc2ccc(F)cc2[N+](=O)[O-])C1. The van der Waals surface area contributed by atoms with E-state index in [1.165, 1.54) is 12.1 Å². The highest BCUT2D eigenvalue weighted by atomic mass is 19.1. The van der Waals surface area contributed by atoms with E-state index in [1.54, 1.807) is 0 Å². The summed E-state index contributed by atoms with van der Waals surface area (Å²) in [7, 11) is 0. The van der Waals surface area contributed by atoms with Crippen LogP contribution in [0.5, 0.6) is 0 Å². The van der Waals surface area contributed by atoms with E-state index in [0.29, 0.717) is 5.92 Å². The van der Waals surface area contributed by atoms with Gasteiger partial charge in [-0.15, -0.1) is 0 Å². The van der Waals surface area contributed by atoms with E-state index in [9.17, 15) is 19.6 Å². The first-order valence-corrected chi connectivity index (χ1v) is 6.79. The molecule has 2 unspecified atom stereocenters. The third-order valence-corrected chi connectivity index (χ3v) is 3.95. The van der Waals surface area contributed by atoms with Crippen LogP contribution in [0.25, 0.3) is 0 Å². The van der Waals surface area contributed by atoms with E-state index < -0.39 is 16.3 Å². The molecule has 1 aliphatic rings. The van der Waals surface area contributed by atoms with Crippen molar-refractivity contribution in [2.24, 2.45) is 5.92 Å².